The second-order valence-electron chi connectivity index (χ2n) is 4.28. The summed E-state index contributed by atoms with van der Waals surface area (Å²) in [6, 6.07) is 4.26. The number of aromatic nitrogens is 1. The molecule has 1 aliphatic rings. The van der Waals surface area contributed by atoms with Gasteiger partial charge in [-0.15, -0.1) is 0 Å². The van der Waals surface area contributed by atoms with Crippen LogP contribution in [0.1, 0.15) is 25.1 Å². The molecule has 3 heteroatoms. The lowest BCUT2D eigenvalue weighted by atomic mass is 10.1. The highest BCUT2D eigenvalue weighted by molar-refractivity contribution is 5.93. The highest BCUT2D eigenvalue weighted by atomic mass is 16.5. The molecule has 1 aromatic heterocycles. The van der Waals surface area contributed by atoms with Gasteiger partial charge in [-0.1, -0.05) is 19.9 Å². The molecule has 0 aliphatic carbocycles. The normalized spacial score (nSPS) is 20.3. The first-order chi connectivity index (χ1) is 7.16. The van der Waals surface area contributed by atoms with E-state index in [1.165, 1.54) is 0 Å². The number of aliphatic imine (C=N–C) groups is 1. The van der Waals surface area contributed by atoms with Crippen LogP contribution in [-0.4, -0.2) is 23.5 Å². The Bertz CT molecular complexity index is 368. The maximum atomic E-state index is 5.54. The molecular formula is C12H16N2O. The Morgan fingerprint density at radius 3 is 2.73 bits per heavy atom. The van der Waals surface area contributed by atoms with Crippen LogP contribution >= 0.6 is 0 Å². The summed E-state index contributed by atoms with van der Waals surface area (Å²) >= 11 is 0. The average Bonchev–Trinajstić information content (AvgIpc) is 2.68. The fraction of sp³-hybridized carbons (Fsp3) is 0.500. The van der Waals surface area contributed by atoms with Crippen molar-refractivity contribution in [2.24, 2.45) is 10.9 Å². The average molecular weight is 204 g/mol. The maximum absolute atomic E-state index is 5.54. The summed E-state index contributed by atoms with van der Waals surface area (Å²) in [6.07, 6.45) is 1.84. The number of aryl methyl sites for hydroxylation is 1. The lowest BCUT2D eigenvalue weighted by Gasteiger charge is -2.06. The van der Waals surface area contributed by atoms with Crippen LogP contribution in [0.4, 0.5) is 0 Å². The molecule has 2 rings (SSSR count). The lowest BCUT2D eigenvalue weighted by molar-refractivity contribution is 0.291. The third-order valence-corrected chi connectivity index (χ3v) is 2.57. The van der Waals surface area contributed by atoms with Gasteiger partial charge >= 0.3 is 0 Å². The van der Waals surface area contributed by atoms with Crippen LogP contribution in [-0.2, 0) is 4.74 Å². The first-order valence-electron chi connectivity index (χ1n) is 5.30. The van der Waals surface area contributed by atoms with Gasteiger partial charge in [0.25, 0.3) is 0 Å². The van der Waals surface area contributed by atoms with E-state index >= 15 is 0 Å². The van der Waals surface area contributed by atoms with Crippen LogP contribution in [0.2, 0.25) is 0 Å². The molecule has 0 saturated heterocycles. The lowest BCUT2D eigenvalue weighted by Crippen LogP contribution is -2.13. The van der Waals surface area contributed by atoms with E-state index in [2.05, 4.69) is 23.8 Å². The summed E-state index contributed by atoms with van der Waals surface area (Å²) in [5.74, 6) is 1.21. The summed E-state index contributed by atoms with van der Waals surface area (Å²) in [5, 5.41) is 0. The second kappa shape index (κ2) is 4.01. The van der Waals surface area contributed by atoms with Gasteiger partial charge in [-0.25, -0.2) is 4.99 Å². The molecular weight excluding hydrogens is 188 g/mol. The molecule has 1 atom stereocenters. The third kappa shape index (κ3) is 2.17. The van der Waals surface area contributed by atoms with Gasteiger partial charge in [0.1, 0.15) is 12.3 Å². The Kier molecular flexibility index (Phi) is 2.71. The molecule has 0 saturated carbocycles. The zero-order valence-corrected chi connectivity index (χ0v) is 9.40. The molecule has 1 aliphatic heterocycles. The van der Waals surface area contributed by atoms with Gasteiger partial charge in [0.2, 0.25) is 5.90 Å². The molecule has 0 radical (unpaired) electrons. The Morgan fingerprint density at radius 2 is 2.20 bits per heavy atom. The van der Waals surface area contributed by atoms with Gasteiger partial charge in [-0.05, 0) is 24.5 Å². The summed E-state index contributed by atoms with van der Waals surface area (Å²) in [6.45, 7) is 7.01. The molecule has 0 fully saturated rings. The molecule has 3 nitrogen and oxygen atoms in total. The molecule has 80 valence electrons. The van der Waals surface area contributed by atoms with Crippen LogP contribution in [0.15, 0.2) is 23.3 Å². The maximum Gasteiger partial charge on any atom is 0.235 e. The Morgan fingerprint density at radius 1 is 1.40 bits per heavy atom. The zero-order valence-electron chi connectivity index (χ0n) is 9.40. The van der Waals surface area contributed by atoms with Crippen molar-refractivity contribution in [1.29, 1.82) is 0 Å². The van der Waals surface area contributed by atoms with E-state index in [-0.39, 0.29) is 6.04 Å². The van der Waals surface area contributed by atoms with Gasteiger partial charge in [0, 0.05) is 6.20 Å². The Balaban J connectivity index is 2.19. The van der Waals surface area contributed by atoms with Crippen LogP contribution < -0.4 is 0 Å². The standard InChI is InChI=1S/C12H16N2O/c1-8(2)11-7-15-12(14-11)10-5-4-9(3)6-13-10/h4-6,8,11H,7H2,1-3H3/t11-/m1/s1. The van der Waals surface area contributed by atoms with Crippen molar-refractivity contribution >= 4 is 5.90 Å². The molecule has 0 unspecified atom stereocenters. The molecule has 2 heterocycles. The number of hydrogen-bond acceptors (Lipinski definition) is 3. The van der Waals surface area contributed by atoms with Crippen molar-refractivity contribution < 1.29 is 4.74 Å². The van der Waals surface area contributed by atoms with E-state index in [1.54, 1.807) is 0 Å². The minimum absolute atomic E-state index is 0.281. The van der Waals surface area contributed by atoms with Crippen LogP contribution in [0.3, 0.4) is 0 Å². The Labute approximate surface area is 90.2 Å². The topological polar surface area (TPSA) is 34.5 Å². The van der Waals surface area contributed by atoms with Gasteiger partial charge in [0.05, 0.1) is 6.04 Å². The highest BCUT2D eigenvalue weighted by Gasteiger charge is 2.23. The smallest absolute Gasteiger partial charge is 0.235 e. The van der Waals surface area contributed by atoms with Crippen molar-refractivity contribution in [3.05, 3.63) is 29.6 Å². The summed E-state index contributed by atoms with van der Waals surface area (Å²) in [7, 11) is 0. The number of hydrogen-bond donors (Lipinski definition) is 0. The van der Waals surface area contributed by atoms with E-state index in [1.807, 2.05) is 25.3 Å². The van der Waals surface area contributed by atoms with E-state index in [4.69, 9.17) is 4.74 Å². The SMILES string of the molecule is Cc1ccc(C2=N[C@@H](C(C)C)CO2)nc1. The van der Waals surface area contributed by atoms with Crippen molar-refractivity contribution in [2.45, 2.75) is 26.8 Å². The molecule has 0 spiro atoms. The minimum atomic E-state index is 0.281. The van der Waals surface area contributed by atoms with Crippen molar-refractivity contribution in [1.82, 2.24) is 4.98 Å². The number of pyridine rings is 1. The molecule has 0 N–H and O–H groups in total. The van der Waals surface area contributed by atoms with Gasteiger partial charge in [-0.2, -0.15) is 0 Å². The summed E-state index contributed by atoms with van der Waals surface area (Å²) in [4.78, 5) is 8.82. The summed E-state index contributed by atoms with van der Waals surface area (Å²) in [5.41, 5.74) is 1.99. The first kappa shape index (κ1) is 10.1. The largest absolute Gasteiger partial charge is 0.474 e. The fourth-order valence-electron chi connectivity index (χ4n) is 1.47. The molecule has 15 heavy (non-hydrogen) atoms. The summed E-state index contributed by atoms with van der Waals surface area (Å²) < 4.78 is 5.54. The molecule has 0 bridgehead atoms. The number of rotatable bonds is 2. The zero-order chi connectivity index (χ0) is 10.8. The molecule has 0 amide bonds. The van der Waals surface area contributed by atoms with E-state index in [0.717, 1.165) is 11.3 Å². The predicted octanol–water partition coefficient (Wildman–Crippen LogP) is 2.19. The van der Waals surface area contributed by atoms with Crippen LogP contribution in [0, 0.1) is 12.8 Å². The van der Waals surface area contributed by atoms with E-state index in [0.29, 0.717) is 18.4 Å². The molecule has 1 aromatic rings. The van der Waals surface area contributed by atoms with Gasteiger partial charge in [-0.3, -0.25) is 4.98 Å². The van der Waals surface area contributed by atoms with E-state index in [9.17, 15) is 0 Å². The number of ether oxygens (including phenoxy) is 1. The van der Waals surface area contributed by atoms with Crippen LogP contribution in [0.25, 0.3) is 0 Å². The van der Waals surface area contributed by atoms with Gasteiger partial charge in [0.15, 0.2) is 0 Å². The first-order valence-corrected chi connectivity index (χ1v) is 5.30. The fourth-order valence-corrected chi connectivity index (χ4v) is 1.47. The highest BCUT2D eigenvalue weighted by Crippen LogP contribution is 2.16. The third-order valence-electron chi connectivity index (χ3n) is 2.57. The van der Waals surface area contributed by atoms with Gasteiger partial charge < -0.3 is 4.74 Å². The van der Waals surface area contributed by atoms with Crippen molar-refractivity contribution in [3.8, 4) is 0 Å². The van der Waals surface area contributed by atoms with Crippen molar-refractivity contribution in [3.63, 3.8) is 0 Å². The Hall–Kier alpha value is -1.38. The van der Waals surface area contributed by atoms with Crippen LogP contribution in [0.5, 0.6) is 0 Å². The molecule has 0 aromatic carbocycles. The predicted molar refractivity (Wildman–Crippen MR) is 60.1 cm³/mol. The second-order valence-corrected chi connectivity index (χ2v) is 4.28. The minimum Gasteiger partial charge on any atom is -0.474 e. The quantitative estimate of drug-likeness (QED) is 0.740. The van der Waals surface area contributed by atoms with E-state index < -0.39 is 0 Å². The monoisotopic (exact) mass is 204 g/mol. The number of nitrogens with zero attached hydrogens (tertiary/aromatic N) is 2. The van der Waals surface area contributed by atoms with Crippen molar-refractivity contribution in [2.75, 3.05) is 6.61 Å².